The minimum atomic E-state index is 0.285. The molecule has 0 radical (unpaired) electrons. The van der Waals surface area contributed by atoms with Crippen LogP contribution in [0.15, 0.2) is 18.5 Å². The van der Waals surface area contributed by atoms with E-state index in [4.69, 9.17) is 4.74 Å². The zero-order valence-corrected chi connectivity index (χ0v) is 10.3. The number of likely N-dealkylation sites (N-methyl/N-ethyl adjacent to an activating group) is 1. The zero-order valence-electron chi connectivity index (χ0n) is 10.3. The fraction of sp³-hybridized carbons (Fsp3) is 0.667. The summed E-state index contributed by atoms with van der Waals surface area (Å²) in [6.07, 6.45) is 3.81. The lowest BCUT2D eigenvalue weighted by molar-refractivity contribution is -0.0254. The van der Waals surface area contributed by atoms with Gasteiger partial charge in [-0.2, -0.15) is 0 Å². The van der Waals surface area contributed by atoms with Crippen molar-refractivity contribution in [2.45, 2.75) is 19.6 Å². The van der Waals surface area contributed by atoms with Crippen LogP contribution in [0.25, 0.3) is 0 Å². The third-order valence-electron chi connectivity index (χ3n) is 2.94. The van der Waals surface area contributed by atoms with E-state index in [1.807, 2.05) is 6.07 Å². The second kappa shape index (κ2) is 6.64. The zero-order chi connectivity index (χ0) is 11.9. The number of rotatable bonds is 5. The van der Waals surface area contributed by atoms with Crippen LogP contribution in [0.1, 0.15) is 12.7 Å². The first-order valence-corrected chi connectivity index (χ1v) is 6.19. The lowest BCUT2D eigenvalue weighted by atomic mass is 10.2. The summed E-state index contributed by atoms with van der Waals surface area (Å²) >= 11 is 0. The SMILES string of the molecule is CCN1CCOC(CNCc2ncccn2)C1. The molecule has 2 rings (SSSR count). The summed E-state index contributed by atoms with van der Waals surface area (Å²) in [6, 6.07) is 1.83. The largest absolute Gasteiger partial charge is 0.374 e. The molecule has 5 nitrogen and oxygen atoms in total. The van der Waals surface area contributed by atoms with E-state index in [-0.39, 0.29) is 6.10 Å². The number of hydrogen-bond donors (Lipinski definition) is 1. The lowest BCUT2D eigenvalue weighted by Gasteiger charge is -2.32. The van der Waals surface area contributed by atoms with Gasteiger partial charge in [-0.15, -0.1) is 0 Å². The van der Waals surface area contributed by atoms with E-state index in [9.17, 15) is 0 Å². The highest BCUT2D eigenvalue weighted by Crippen LogP contribution is 2.03. The molecule has 0 aromatic carbocycles. The average molecular weight is 236 g/mol. The number of nitrogens with zero attached hydrogens (tertiary/aromatic N) is 3. The summed E-state index contributed by atoms with van der Waals surface area (Å²) in [5, 5.41) is 3.34. The third-order valence-corrected chi connectivity index (χ3v) is 2.94. The van der Waals surface area contributed by atoms with Gasteiger partial charge in [0.1, 0.15) is 5.82 Å². The molecule has 1 N–H and O–H groups in total. The molecule has 5 heteroatoms. The van der Waals surface area contributed by atoms with E-state index in [1.54, 1.807) is 12.4 Å². The highest BCUT2D eigenvalue weighted by Gasteiger charge is 2.18. The summed E-state index contributed by atoms with van der Waals surface area (Å²) in [4.78, 5) is 10.7. The minimum absolute atomic E-state index is 0.285. The van der Waals surface area contributed by atoms with Gasteiger partial charge in [-0.25, -0.2) is 9.97 Å². The Bertz CT molecular complexity index is 320. The smallest absolute Gasteiger partial charge is 0.141 e. The number of morpholine rings is 1. The van der Waals surface area contributed by atoms with Crippen LogP contribution in [0.3, 0.4) is 0 Å². The maximum absolute atomic E-state index is 5.70. The minimum Gasteiger partial charge on any atom is -0.374 e. The number of ether oxygens (including phenoxy) is 1. The van der Waals surface area contributed by atoms with Gasteiger partial charge in [0.2, 0.25) is 0 Å². The van der Waals surface area contributed by atoms with Crippen molar-refractivity contribution in [3.05, 3.63) is 24.3 Å². The van der Waals surface area contributed by atoms with Crippen molar-refractivity contribution in [3.8, 4) is 0 Å². The molecule has 1 fully saturated rings. The van der Waals surface area contributed by atoms with Crippen LogP contribution in [0, 0.1) is 0 Å². The van der Waals surface area contributed by atoms with Crippen LogP contribution in [-0.4, -0.2) is 53.8 Å². The fourth-order valence-corrected chi connectivity index (χ4v) is 1.96. The van der Waals surface area contributed by atoms with Crippen molar-refractivity contribution >= 4 is 0 Å². The van der Waals surface area contributed by atoms with Crippen molar-refractivity contribution in [3.63, 3.8) is 0 Å². The molecule has 1 aliphatic rings. The molecule has 0 saturated carbocycles. The first-order chi connectivity index (χ1) is 8.38. The van der Waals surface area contributed by atoms with Crippen LogP contribution in [0.4, 0.5) is 0 Å². The Morgan fingerprint density at radius 1 is 1.47 bits per heavy atom. The van der Waals surface area contributed by atoms with Crippen LogP contribution in [0.5, 0.6) is 0 Å². The molecular weight excluding hydrogens is 216 g/mol. The molecule has 2 heterocycles. The molecule has 0 amide bonds. The number of nitrogens with one attached hydrogen (secondary N) is 1. The number of hydrogen-bond acceptors (Lipinski definition) is 5. The van der Waals surface area contributed by atoms with E-state index >= 15 is 0 Å². The molecule has 1 aromatic rings. The van der Waals surface area contributed by atoms with Gasteiger partial charge in [0.05, 0.1) is 19.3 Å². The molecule has 1 atom stereocenters. The molecule has 1 saturated heterocycles. The molecular formula is C12H20N4O. The van der Waals surface area contributed by atoms with Crippen LogP contribution in [-0.2, 0) is 11.3 Å². The van der Waals surface area contributed by atoms with Gasteiger partial charge in [-0.1, -0.05) is 6.92 Å². The molecule has 0 spiro atoms. The highest BCUT2D eigenvalue weighted by molar-refractivity contribution is 4.88. The van der Waals surface area contributed by atoms with Crippen molar-refractivity contribution in [2.75, 3.05) is 32.8 Å². The summed E-state index contributed by atoms with van der Waals surface area (Å²) < 4.78 is 5.70. The van der Waals surface area contributed by atoms with Crippen LogP contribution < -0.4 is 5.32 Å². The number of aromatic nitrogens is 2. The van der Waals surface area contributed by atoms with Gasteiger partial charge in [-0.05, 0) is 12.6 Å². The van der Waals surface area contributed by atoms with E-state index in [1.165, 1.54) is 0 Å². The second-order valence-corrected chi connectivity index (χ2v) is 4.18. The van der Waals surface area contributed by atoms with Crippen LogP contribution >= 0.6 is 0 Å². The van der Waals surface area contributed by atoms with Crippen molar-refractivity contribution < 1.29 is 4.74 Å². The topological polar surface area (TPSA) is 50.3 Å². The Labute approximate surface area is 102 Å². The second-order valence-electron chi connectivity index (χ2n) is 4.18. The lowest BCUT2D eigenvalue weighted by Crippen LogP contribution is -2.46. The third kappa shape index (κ3) is 4.03. The Kier molecular flexibility index (Phi) is 4.85. The Balaban J connectivity index is 1.68. The average Bonchev–Trinajstić information content (AvgIpc) is 2.40. The van der Waals surface area contributed by atoms with Gasteiger partial charge in [-0.3, -0.25) is 4.90 Å². The standard InChI is InChI=1S/C12H20N4O/c1-2-16-6-7-17-11(10-16)8-13-9-12-14-4-3-5-15-12/h3-5,11,13H,2,6-10H2,1H3. The maximum atomic E-state index is 5.70. The van der Waals surface area contributed by atoms with E-state index < -0.39 is 0 Å². The van der Waals surface area contributed by atoms with Gasteiger partial charge >= 0.3 is 0 Å². The molecule has 0 aliphatic carbocycles. The first-order valence-electron chi connectivity index (χ1n) is 6.19. The summed E-state index contributed by atoms with van der Waals surface area (Å²) in [6.45, 7) is 7.74. The maximum Gasteiger partial charge on any atom is 0.141 e. The normalized spacial score (nSPS) is 21.6. The monoisotopic (exact) mass is 236 g/mol. The molecule has 1 aliphatic heterocycles. The summed E-state index contributed by atoms with van der Waals surface area (Å²) in [5.41, 5.74) is 0. The molecule has 17 heavy (non-hydrogen) atoms. The van der Waals surface area contributed by atoms with Gasteiger partial charge in [0, 0.05) is 32.0 Å². The van der Waals surface area contributed by atoms with E-state index in [0.29, 0.717) is 6.54 Å². The Morgan fingerprint density at radius 2 is 2.29 bits per heavy atom. The highest BCUT2D eigenvalue weighted by atomic mass is 16.5. The predicted octanol–water partition coefficient (Wildman–Crippen LogP) is 0.287. The van der Waals surface area contributed by atoms with Gasteiger partial charge in [0.25, 0.3) is 0 Å². The quantitative estimate of drug-likeness (QED) is 0.796. The van der Waals surface area contributed by atoms with Crippen molar-refractivity contribution in [1.82, 2.24) is 20.2 Å². The predicted molar refractivity (Wildman–Crippen MR) is 65.6 cm³/mol. The Morgan fingerprint density at radius 3 is 3.06 bits per heavy atom. The fourth-order valence-electron chi connectivity index (χ4n) is 1.96. The summed E-state index contributed by atoms with van der Waals surface area (Å²) in [5.74, 6) is 0.829. The van der Waals surface area contributed by atoms with Gasteiger partial charge < -0.3 is 10.1 Å². The van der Waals surface area contributed by atoms with Gasteiger partial charge in [0.15, 0.2) is 0 Å². The van der Waals surface area contributed by atoms with Crippen molar-refractivity contribution in [1.29, 1.82) is 0 Å². The molecule has 94 valence electrons. The van der Waals surface area contributed by atoms with E-state index in [2.05, 4.69) is 27.1 Å². The molecule has 1 unspecified atom stereocenters. The molecule has 0 bridgehead atoms. The summed E-state index contributed by atoms with van der Waals surface area (Å²) in [7, 11) is 0. The molecule has 1 aromatic heterocycles. The van der Waals surface area contributed by atoms with Crippen LogP contribution in [0.2, 0.25) is 0 Å². The first kappa shape index (κ1) is 12.4. The Hall–Kier alpha value is -1.04. The van der Waals surface area contributed by atoms with E-state index in [0.717, 1.165) is 38.6 Å². The van der Waals surface area contributed by atoms with Crippen molar-refractivity contribution in [2.24, 2.45) is 0 Å².